The second kappa shape index (κ2) is 7.19. The van der Waals surface area contributed by atoms with Crippen LogP contribution in [-0.4, -0.2) is 33.6 Å². The molecule has 4 rings (SSSR count). The summed E-state index contributed by atoms with van der Waals surface area (Å²) in [7, 11) is 1.35. The topological polar surface area (TPSA) is 75.9 Å². The van der Waals surface area contributed by atoms with Crippen molar-refractivity contribution in [3.63, 3.8) is 0 Å². The molecule has 2 heterocycles. The number of anilines is 1. The standard InChI is InChI=1S/C19H20FN3O3S/c1-26-15(25)9-12-10-27-19-22-17(16-13(20)7-4-8-14(16)24)18(23(12)19)21-11-5-2-3-6-11/h4,7-8,10-11,21,24H,2-3,5-6,9H2,1H3. The van der Waals surface area contributed by atoms with Crippen molar-refractivity contribution >= 4 is 28.1 Å². The molecule has 1 saturated carbocycles. The summed E-state index contributed by atoms with van der Waals surface area (Å²) < 4.78 is 21.1. The number of fused-ring (bicyclic) bond motifs is 1. The van der Waals surface area contributed by atoms with Crippen molar-refractivity contribution in [1.82, 2.24) is 9.38 Å². The van der Waals surface area contributed by atoms with Crippen molar-refractivity contribution in [2.45, 2.75) is 38.1 Å². The molecule has 8 heteroatoms. The molecule has 1 aliphatic carbocycles. The summed E-state index contributed by atoms with van der Waals surface area (Å²) in [5, 5.41) is 15.6. The van der Waals surface area contributed by atoms with Crippen molar-refractivity contribution in [3.05, 3.63) is 35.1 Å². The van der Waals surface area contributed by atoms with Crippen molar-refractivity contribution < 1.29 is 19.0 Å². The number of halogens is 1. The first-order valence-corrected chi connectivity index (χ1v) is 9.76. The number of aromatic nitrogens is 2. The summed E-state index contributed by atoms with van der Waals surface area (Å²) in [5.41, 5.74) is 1.14. The molecule has 27 heavy (non-hydrogen) atoms. The lowest BCUT2D eigenvalue weighted by atomic mass is 10.1. The first kappa shape index (κ1) is 17.8. The maximum Gasteiger partial charge on any atom is 0.311 e. The Kier molecular flexibility index (Phi) is 4.73. The van der Waals surface area contributed by atoms with Crippen LogP contribution in [0.25, 0.3) is 16.2 Å². The number of nitrogens with one attached hydrogen (secondary N) is 1. The van der Waals surface area contributed by atoms with Gasteiger partial charge < -0.3 is 15.2 Å². The van der Waals surface area contributed by atoms with E-state index < -0.39 is 5.82 Å². The smallest absolute Gasteiger partial charge is 0.311 e. The summed E-state index contributed by atoms with van der Waals surface area (Å²) in [6, 6.07) is 4.46. The average molecular weight is 389 g/mol. The van der Waals surface area contributed by atoms with E-state index in [-0.39, 0.29) is 29.7 Å². The Balaban J connectivity index is 1.88. The Hall–Kier alpha value is -2.61. The molecule has 1 aliphatic rings. The minimum absolute atomic E-state index is 0.0675. The van der Waals surface area contributed by atoms with Gasteiger partial charge in [0.25, 0.3) is 0 Å². The van der Waals surface area contributed by atoms with Gasteiger partial charge in [0.1, 0.15) is 23.1 Å². The van der Waals surface area contributed by atoms with E-state index in [0.717, 1.165) is 31.4 Å². The Morgan fingerprint density at radius 3 is 2.93 bits per heavy atom. The van der Waals surface area contributed by atoms with E-state index in [9.17, 15) is 14.3 Å². The molecule has 2 aromatic heterocycles. The summed E-state index contributed by atoms with van der Waals surface area (Å²) in [5.74, 6) is -0.447. The third-order valence-corrected chi connectivity index (χ3v) is 5.79. The lowest BCUT2D eigenvalue weighted by Gasteiger charge is -2.16. The Morgan fingerprint density at radius 2 is 2.22 bits per heavy atom. The first-order valence-electron chi connectivity index (χ1n) is 8.88. The number of ether oxygens (including phenoxy) is 1. The van der Waals surface area contributed by atoms with E-state index in [1.54, 1.807) is 0 Å². The molecule has 2 N–H and O–H groups in total. The number of phenols is 1. The highest BCUT2D eigenvalue weighted by molar-refractivity contribution is 7.15. The van der Waals surface area contributed by atoms with Crippen LogP contribution in [0, 0.1) is 5.82 Å². The number of carbonyl (C=O) groups excluding carboxylic acids is 1. The van der Waals surface area contributed by atoms with Gasteiger partial charge in [-0.05, 0) is 25.0 Å². The van der Waals surface area contributed by atoms with Crippen molar-refractivity contribution in [1.29, 1.82) is 0 Å². The molecule has 0 amide bonds. The van der Waals surface area contributed by atoms with E-state index >= 15 is 0 Å². The highest BCUT2D eigenvalue weighted by atomic mass is 32.1. The van der Waals surface area contributed by atoms with Crippen molar-refractivity contribution in [3.8, 4) is 17.0 Å². The molecule has 0 atom stereocenters. The zero-order chi connectivity index (χ0) is 19.0. The molecular weight excluding hydrogens is 369 g/mol. The lowest BCUT2D eigenvalue weighted by Crippen LogP contribution is -2.17. The molecular formula is C19H20FN3O3S. The fourth-order valence-electron chi connectivity index (χ4n) is 3.58. The highest BCUT2D eigenvalue weighted by Crippen LogP contribution is 2.39. The van der Waals surface area contributed by atoms with Crippen molar-refractivity contribution in [2.24, 2.45) is 0 Å². The second-order valence-electron chi connectivity index (χ2n) is 6.67. The Bertz CT molecular complexity index is 971. The molecule has 0 unspecified atom stereocenters. The molecule has 1 aromatic carbocycles. The molecule has 0 bridgehead atoms. The number of hydrogen-bond donors (Lipinski definition) is 2. The quantitative estimate of drug-likeness (QED) is 0.646. The molecule has 142 valence electrons. The number of phenolic OH excluding ortho intramolecular Hbond substituents is 1. The van der Waals surface area contributed by atoms with Crippen LogP contribution in [0.15, 0.2) is 23.6 Å². The second-order valence-corrected chi connectivity index (χ2v) is 7.50. The average Bonchev–Trinajstić information content (AvgIpc) is 3.35. The zero-order valence-corrected chi connectivity index (χ0v) is 15.7. The van der Waals surface area contributed by atoms with E-state index in [2.05, 4.69) is 10.3 Å². The fraction of sp³-hybridized carbons (Fsp3) is 0.368. The Morgan fingerprint density at radius 1 is 1.44 bits per heavy atom. The molecule has 0 saturated heterocycles. The predicted octanol–water partition coefficient (Wildman–Crippen LogP) is 3.98. The largest absolute Gasteiger partial charge is 0.507 e. The van der Waals surface area contributed by atoms with E-state index in [4.69, 9.17) is 4.74 Å². The monoisotopic (exact) mass is 389 g/mol. The van der Waals surface area contributed by atoms with E-state index in [1.807, 2.05) is 9.78 Å². The van der Waals surface area contributed by atoms with Crippen LogP contribution in [0.2, 0.25) is 0 Å². The van der Waals surface area contributed by atoms with Gasteiger partial charge in [0, 0.05) is 17.1 Å². The lowest BCUT2D eigenvalue weighted by molar-refractivity contribution is -0.139. The summed E-state index contributed by atoms with van der Waals surface area (Å²) in [6.45, 7) is 0. The number of methoxy groups -OCH3 is 1. The Labute approximate surface area is 159 Å². The zero-order valence-electron chi connectivity index (χ0n) is 14.9. The molecule has 1 fully saturated rings. The normalized spacial score (nSPS) is 14.7. The molecule has 0 spiro atoms. The summed E-state index contributed by atoms with van der Waals surface area (Å²) in [4.78, 5) is 17.0. The third-order valence-electron chi connectivity index (χ3n) is 4.91. The predicted molar refractivity (Wildman–Crippen MR) is 102 cm³/mol. The van der Waals surface area contributed by atoms with Gasteiger partial charge in [-0.2, -0.15) is 0 Å². The minimum atomic E-state index is -0.537. The first-order chi connectivity index (χ1) is 13.1. The van der Waals surface area contributed by atoms with Gasteiger partial charge in [0.2, 0.25) is 0 Å². The van der Waals surface area contributed by atoms with Crippen molar-refractivity contribution in [2.75, 3.05) is 12.4 Å². The number of rotatable bonds is 5. The van der Waals surface area contributed by atoms with Crippen LogP contribution in [0.4, 0.5) is 10.2 Å². The molecule has 3 aromatic rings. The van der Waals surface area contributed by atoms with Crippen LogP contribution >= 0.6 is 11.3 Å². The van der Waals surface area contributed by atoms with Crippen LogP contribution in [0.3, 0.4) is 0 Å². The summed E-state index contributed by atoms with van der Waals surface area (Å²) in [6.07, 6.45) is 4.41. The van der Waals surface area contributed by atoms with E-state index in [1.165, 1.54) is 36.6 Å². The van der Waals surface area contributed by atoms with Gasteiger partial charge in [-0.1, -0.05) is 18.9 Å². The number of hydrogen-bond acceptors (Lipinski definition) is 6. The van der Waals surface area contributed by atoms with Gasteiger partial charge in [0.05, 0.1) is 19.1 Å². The maximum absolute atomic E-state index is 14.5. The number of carbonyl (C=O) groups is 1. The fourth-order valence-corrected chi connectivity index (χ4v) is 4.47. The van der Waals surface area contributed by atoms with Gasteiger partial charge in [-0.15, -0.1) is 11.3 Å². The van der Waals surface area contributed by atoms with Gasteiger partial charge in [-0.25, -0.2) is 9.37 Å². The highest BCUT2D eigenvalue weighted by Gasteiger charge is 2.26. The maximum atomic E-state index is 14.5. The molecule has 0 radical (unpaired) electrons. The van der Waals surface area contributed by atoms with Gasteiger partial charge >= 0.3 is 5.97 Å². The molecule has 6 nitrogen and oxygen atoms in total. The number of thiazole rings is 1. The number of nitrogens with zero attached hydrogens (tertiary/aromatic N) is 2. The minimum Gasteiger partial charge on any atom is -0.507 e. The third kappa shape index (κ3) is 3.25. The van der Waals surface area contributed by atoms with Crippen LogP contribution in [-0.2, 0) is 16.0 Å². The number of aromatic hydroxyl groups is 1. The van der Waals surface area contributed by atoms with Crippen LogP contribution in [0.5, 0.6) is 5.75 Å². The number of benzene rings is 1. The van der Waals surface area contributed by atoms with Crippen LogP contribution in [0.1, 0.15) is 31.4 Å². The SMILES string of the molecule is COC(=O)Cc1csc2nc(-c3c(O)cccc3F)c(NC3CCCC3)n12. The van der Waals surface area contributed by atoms with E-state index in [0.29, 0.717) is 16.5 Å². The summed E-state index contributed by atoms with van der Waals surface area (Å²) >= 11 is 1.37. The number of imidazole rings is 1. The van der Waals surface area contributed by atoms with Gasteiger partial charge in [0.15, 0.2) is 4.96 Å². The van der Waals surface area contributed by atoms with Gasteiger partial charge in [-0.3, -0.25) is 9.20 Å². The van der Waals surface area contributed by atoms with Crippen LogP contribution < -0.4 is 5.32 Å². The molecule has 0 aliphatic heterocycles. The number of esters is 1.